The van der Waals surface area contributed by atoms with Crippen molar-refractivity contribution < 1.29 is 4.79 Å². The number of H-pyrrole nitrogens is 1. The molecule has 0 aliphatic carbocycles. The summed E-state index contributed by atoms with van der Waals surface area (Å²) < 4.78 is 0. The molecular weight excluding hydrogens is 222 g/mol. The molecule has 0 aliphatic heterocycles. The van der Waals surface area contributed by atoms with E-state index in [2.05, 4.69) is 17.1 Å². The Morgan fingerprint density at radius 1 is 1.06 bits per heavy atom. The van der Waals surface area contributed by atoms with Gasteiger partial charge < -0.3 is 4.98 Å². The number of aromatic amines is 1. The summed E-state index contributed by atoms with van der Waals surface area (Å²) in [6.45, 7) is 2.03. The molecule has 0 bridgehead atoms. The van der Waals surface area contributed by atoms with E-state index in [9.17, 15) is 4.79 Å². The number of nitrogens with one attached hydrogen (secondary N) is 1. The Bertz CT molecular complexity index is 724. The second kappa shape index (κ2) is 4.30. The zero-order chi connectivity index (χ0) is 12.5. The molecule has 0 saturated heterocycles. The summed E-state index contributed by atoms with van der Waals surface area (Å²) in [4.78, 5) is 15.5. The topological polar surface area (TPSA) is 32.9 Å². The van der Waals surface area contributed by atoms with Crippen molar-refractivity contribution in [1.82, 2.24) is 4.98 Å². The highest BCUT2D eigenvalue weighted by Gasteiger charge is 2.12. The number of para-hydroxylation sites is 2. The van der Waals surface area contributed by atoms with Crippen LogP contribution in [0.5, 0.6) is 0 Å². The van der Waals surface area contributed by atoms with Gasteiger partial charge >= 0.3 is 0 Å². The molecule has 0 atom stereocenters. The maximum Gasteiger partial charge on any atom is 0.164 e. The van der Waals surface area contributed by atoms with E-state index in [0.717, 1.165) is 28.4 Å². The van der Waals surface area contributed by atoms with E-state index in [0.29, 0.717) is 6.42 Å². The van der Waals surface area contributed by atoms with E-state index in [4.69, 9.17) is 0 Å². The van der Waals surface area contributed by atoms with Gasteiger partial charge in [0.1, 0.15) is 0 Å². The fraction of sp³-hybridized carbons (Fsp3) is 0.188. The highest BCUT2D eigenvalue weighted by atomic mass is 16.1. The van der Waals surface area contributed by atoms with Gasteiger partial charge in [-0.05, 0) is 18.6 Å². The van der Waals surface area contributed by atoms with Gasteiger partial charge in [-0.25, -0.2) is 0 Å². The molecule has 1 heterocycles. The van der Waals surface area contributed by atoms with Crippen molar-refractivity contribution in [2.24, 2.45) is 0 Å². The van der Waals surface area contributed by atoms with E-state index >= 15 is 0 Å². The van der Waals surface area contributed by atoms with Gasteiger partial charge in [0.15, 0.2) is 5.78 Å². The molecule has 18 heavy (non-hydrogen) atoms. The molecule has 0 unspecified atom stereocenters. The molecule has 0 spiro atoms. The van der Waals surface area contributed by atoms with Crippen molar-refractivity contribution in [2.75, 3.05) is 0 Å². The van der Waals surface area contributed by atoms with E-state index < -0.39 is 0 Å². The highest BCUT2D eigenvalue weighted by Crippen LogP contribution is 2.28. The average Bonchev–Trinajstić information content (AvgIpc) is 2.77. The number of ketones is 1. The first-order valence-corrected chi connectivity index (χ1v) is 6.34. The lowest BCUT2D eigenvalue weighted by atomic mass is 10.0. The molecule has 0 amide bonds. The first-order chi connectivity index (χ1) is 8.81. The molecular formula is C16H15NO. The molecule has 2 heteroatoms. The van der Waals surface area contributed by atoms with Gasteiger partial charge in [-0.1, -0.05) is 37.3 Å². The lowest BCUT2D eigenvalue weighted by Gasteiger charge is -2.01. The number of carbonyl (C=O) groups excluding carboxylic acids is 1. The van der Waals surface area contributed by atoms with Crippen LogP contribution in [0.25, 0.3) is 21.8 Å². The van der Waals surface area contributed by atoms with E-state index in [1.165, 1.54) is 5.39 Å². The third-order valence-corrected chi connectivity index (χ3v) is 3.32. The minimum absolute atomic E-state index is 0.217. The largest absolute Gasteiger partial charge is 0.354 e. The van der Waals surface area contributed by atoms with Crippen LogP contribution < -0.4 is 0 Å². The fourth-order valence-corrected chi connectivity index (χ4v) is 2.47. The third-order valence-electron chi connectivity index (χ3n) is 3.32. The van der Waals surface area contributed by atoms with Crippen molar-refractivity contribution in [3.05, 3.63) is 48.0 Å². The number of benzene rings is 2. The summed E-state index contributed by atoms with van der Waals surface area (Å²) in [6, 6.07) is 14.1. The number of Topliss-reactive ketones (excluding diaryl/α,β-unsaturated/α-hetero) is 1. The van der Waals surface area contributed by atoms with Gasteiger partial charge in [-0.2, -0.15) is 0 Å². The monoisotopic (exact) mass is 237 g/mol. The van der Waals surface area contributed by atoms with Crippen LogP contribution in [-0.4, -0.2) is 10.8 Å². The fourth-order valence-electron chi connectivity index (χ4n) is 2.47. The number of carbonyl (C=O) groups is 1. The number of rotatable bonds is 3. The van der Waals surface area contributed by atoms with Crippen LogP contribution in [0.1, 0.15) is 30.1 Å². The Hall–Kier alpha value is -2.09. The summed E-state index contributed by atoms with van der Waals surface area (Å²) in [6.07, 6.45) is 1.49. The summed E-state index contributed by atoms with van der Waals surface area (Å²) in [5.41, 5.74) is 2.87. The predicted molar refractivity (Wildman–Crippen MR) is 75.0 cm³/mol. The predicted octanol–water partition coefficient (Wildman–Crippen LogP) is 4.30. The highest BCUT2D eigenvalue weighted by molar-refractivity contribution is 6.15. The van der Waals surface area contributed by atoms with Gasteiger partial charge in [-0.3, -0.25) is 4.79 Å². The Morgan fingerprint density at radius 2 is 1.83 bits per heavy atom. The Kier molecular flexibility index (Phi) is 2.63. The second-order valence-corrected chi connectivity index (χ2v) is 4.57. The molecule has 90 valence electrons. The zero-order valence-corrected chi connectivity index (χ0v) is 10.4. The summed E-state index contributed by atoms with van der Waals surface area (Å²) in [7, 11) is 0. The molecule has 3 aromatic rings. The standard InChI is InChI=1S/C16H15NO/c1-2-6-15(18)13-9-5-8-12-11-7-3-4-10-14(11)17-16(12)13/h3-5,7-10,17H,2,6H2,1H3. The lowest BCUT2D eigenvalue weighted by Crippen LogP contribution is -1.98. The quantitative estimate of drug-likeness (QED) is 0.677. The first-order valence-electron chi connectivity index (χ1n) is 6.34. The number of aromatic nitrogens is 1. The van der Waals surface area contributed by atoms with E-state index in [1.807, 2.05) is 37.3 Å². The van der Waals surface area contributed by atoms with Gasteiger partial charge in [0.2, 0.25) is 0 Å². The molecule has 0 radical (unpaired) electrons. The summed E-state index contributed by atoms with van der Waals surface area (Å²) in [5, 5.41) is 2.31. The van der Waals surface area contributed by atoms with Gasteiger partial charge in [-0.15, -0.1) is 0 Å². The average molecular weight is 237 g/mol. The number of fused-ring (bicyclic) bond motifs is 3. The van der Waals surface area contributed by atoms with Crippen LogP contribution in [-0.2, 0) is 0 Å². The summed E-state index contributed by atoms with van der Waals surface area (Å²) in [5.74, 6) is 0.217. The molecule has 2 aromatic carbocycles. The van der Waals surface area contributed by atoms with Gasteiger partial charge in [0, 0.05) is 28.3 Å². The molecule has 0 aliphatic rings. The van der Waals surface area contributed by atoms with Crippen LogP contribution in [0.2, 0.25) is 0 Å². The second-order valence-electron chi connectivity index (χ2n) is 4.57. The molecule has 0 fully saturated rings. The molecule has 0 saturated carbocycles. The van der Waals surface area contributed by atoms with Crippen molar-refractivity contribution in [1.29, 1.82) is 0 Å². The zero-order valence-electron chi connectivity index (χ0n) is 10.4. The minimum atomic E-state index is 0.217. The van der Waals surface area contributed by atoms with Crippen molar-refractivity contribution in [3.8, 4) is 0 Å². The number of hydrogen-bond acceptors (Lipinski definition) is 1. The van der Waals surface area contributed by atoms with Gasteiger partial charge in [0.25, 0.3) is 0 Å². The molecule has 3 rings (SSSR count). The Balaban J connectivity index is 2.31. The Morgan fingerprint density at radius 3 is 2.67 bits per heavy atom. The first kappa shape index (κ1) is 11.0. The van der Waals surface area contributed by atoms with Crippen LogP contribution in [0, 0.1) is 0 Å². The molecule has 1 N–H and O–H groups in total. The van der Waals surface area contributed by atoms with Gasteiger partial charge in [0.05, 0.1) is 5.52 Å². The van der Waals surface area contributed by atoms with Crippen molar-refractivity contribution in [2.45, 2.75) is 19.8 Å². The van der Waals surface area contributed by atoms with Crippen LogP contribution in [0.3, 0.4) is 0 Å². The van der Waals surface area contributed by atoms with E-state index in [-0.39, 0.29) is 5.78 Å². The maximum atomic E-state index is 12.1. The van der Waals surface area contributed by atoms with Crippen LogP contribution in [0.4, 0.5) is 0 Å². The third kappa shape index (κ3) is 1.61. The smallest absolute Gasteiger partial charge is 0.164 e. The minimum Gasteiger partial charge on any atom is -0.354 e. The number of hydrogen-bond donors (Lipinski definition) is 1. The van der Waals surface area contributed by atoms with Crippen molar-refractivity contribution >= 4 is 27.6 Å². The van der Waals surface area contributed by atoms with E-state index in [1.54, 1.807) is 0 Å². The molecule has 2 nitrogen and oxygen atoms in total. The summed E-state index contributed by atoms with van der Waals surface area (Å²) >= 11 is 0. The normalized spacial score (nSPS) is 11.2. The Labute approximate surface area is 106 Å². The SMILES string of the molecule is CCCC(=O)c1cccc2c1[nH]c1ccccc12. The lowest BCUT2D eigenvalue weighted by molar-refractivity contribution is 0.0983. The van der Waals surface area contributed by atoms with Crippen molar-refractivity contribution in [3.63, 3.8) is 0 Å². The maximum absolute atomic E-state index is 12.1. The van der Waals surface area contributed by atoms with Crippen LogP contribution in [0.15, 0.2) is 42.5 Å². The molecule has 1 aromatic heterocycles. The van der Waals surface area contributed by atoms with Crippen LogP contribution >= 0.6 is 0 Å².